The summed E-state index contributed by atoms with van der Waals surface area (Å²) >= 11 is 0. The summed E-state index contributed by atoms with van der Waals surface area (Å²) in [7, 11) is 1.41. The van der Waals surface area contributed by atoms with Gasteiger partial charge < -0.3 is 9.64 Å². The second-order valence-electron chi connectivity index (χ2n) is 8.29. The van der Waals surface area contributed by atoms with Crippen LogP contribution in [0.4, 0.5) is 0 Å². The maximum absolute atomic E-state index is 13.3. The zero-order chi connectivity index (χ0) is 17.4. The van der Waals surface area contributed by atoms with Crippen LogP contribution in [0.25, 0.3) is 0 Å². The summed E-state index contributed by atoms with van der Waals surface area (Å²) in [6.07, 6.45) is 7.61. The van der Waals surface area contributed by atoms with Gasteiger partial charge in [-0.2, -0.15) is 0 Å². The summed E-state index contributed by atoms with van der Waals surface area (Å²) in [5.74, 6) is 2.11. The summed E-state index contributed by atoms with van der Waals surface area (Å²) in [6, 6.07) is 9.51. The highest BCUT2D eigenvalue weighted by atomic mass is 16.5. The molecule has 0 aromatic heterocycles. The maximum Gasteiger partial charge on any atom is 0.307 e. The number of rotatable bonds is 5. The molecule has 0 spiro atoms. The lowest BCUT2D eigenvalue weighted by atomic mass is 9.52. The Bertz CT molecular complexity index is 619. The number of benzene rings is 1. The van der Waals surface area contributed by atoms with Crippen molar-refractivity contribution >= 4 is 11.9 Å². The summed E-state index contributed by atoms with van der Waals surface area (Å²) in [5.41, 5.74) is 0.679. The first-order valence-corrected chi connectivity index (χ1v) is 9.53. The number of carbonyl (C=O) groups excluding carboxylic acids is 2. The fourth-order valence-corrected chi connectivity index (χ4v) is 5.99. The van der Waals surface area contributed by atoms with Gasteiger partial charge in [0.05, 0.1) is 13.5 Å². The van der Waals surface area contributed by atoms with Crippen molar-refractivity contribution in [3.8, 4) is 0 Å². The molecule has 0 heterocycles. The van der Waals surface area contributed by atoms with Gasteiger partial charge in [0.25, 0.3) is 5.91 Å². The predicted octanol–water partition coefficient (Wildman–Crippen LogP) is 3.66. The topological polar surface area (TPSA) is 46.6 Å². The van der Waals surface area contributed by atoms with E-state index >= 15 is 0 Å². The highest BCUT2D eigenvalue weighted by Crippen LogP contribution is 2.58. The van der Waals surface area contributed by atoms with Crippen LogP contribution < -0.4 is 0 Å². The van der Waals surface area contributed by atoms with E-state index in [-0.39, 0.29) is 23.8 Å². The highest BCUT2D eigenvalue weighted by molar-refractivity contribution is 5.95. The molecule has 134 valence electrons. The van der Waals surface area contributed by atoms with Crippen LogP contribution in [0.2, 0.25) is 0 Å². The largest absolute Gasteiger partial charge is 0.469 e. The quantitative estimate of drug-likeness (QED) is 0.768. The molecule has 4 saturated carbocycles. The number of carbonyl (C=O) groups is 2. The van der Waals surface area contributed by atoms with Gasteiger partial charge in [-0.15, -0.1) is 0 Å². The summed E-state index contributed by atoms with van der Waals surface area (Å²) in [4.78, 5) is 27.1. The van der Waals surface area contributed by atoms with Gasteiger partial charge in [0.2, 0.25) is 0 Å². The predicted molar refractivity (Wildman–Crippen MR) is 95.0 cm³/mol. The SMILES string of the molecule is COC(=O)CCN(C(=O)c1ccccc1)C12CC3CC(CC(C3)C1)C2. The summed E-state index contributed by atoms with van der Waals surface area (Å²) in [6.45, 7) is 0.465. The van der Waals surface area contributed by atoms with Crippen LogP contribution in [0, 0.1) is 17.8 Å². The molecule has 4 aliphatic rings. The van der Waals surface area contributed by atoms with Crippen LogP contribution in [-0.2, 0) is 9.53 Å². The van der Waals surface area contributed by atoms with Gasteiger partial charge in [0.15, 0.2) is 0 Å². The molecular formula is C21H27NO3. The Morgan fingerprint density at radius 2 is 1.60 bits per heavy atom. The third-order valence-corrected chi connectivity index (χ3v) is 6.61. The standard InChI is InChI=1S/C21H27NO3/c1-25-19(23)7-8-22(20(24)18-5-3-2-4-6-18)21-12-15-9-16(13-21)11-17(10-15)14-21/h2-6,15-17H,7-14H2,1H3. The van der Waals surface area contributed by atoms with Crippen molar-refractivity contribution in [3.05, 3.63) is 35.9 Å². The number of ether oxygens (including phenoxy) is 1. The molecule has 25 heavy (non-hydrogen) atoms. The van der Waals surface area contributed by atoms with Crippen molar-refractivity contribution in [2.45, 2.75) is 50.5 Å². The third kappa shape index (κ3) is 3.07. The van der Waals surface area contributed by atoms with E-state index < -0.39 is 0 Å². The van der Waals surface area contributed by atoms with Crippen LogP contribution in [0.3, 0.4) is 0 Å². The first-order chi connectivity index (χ1) is 12.1. The first-order valence-electron chi connectivity index (χ1n) is 9.53. The summed E-state index contributed by atoms with van der Waals surface area (Å²) in [5, 5.41) is 0. The molecule has 4 fully saturated rings. The van der Waals surface area contributed by atoms with Crippen molar-refractivity contribution in [3.63, 3.8) is 0 Å². The second-order valence-corrected chi connectivity index (χ2v) is 8.29. The molecule has 0 atom stereocenters. The van der Waals surface area contributed by atoms with E-state index in [0.29, 0.717) is 6.54 Å². The molecule has 1 amide bonds. The van der Waals surface area contributed by atoms with E-state index in [9.17, 15) is 9.59 Å². The fraction of sp³-hybridized carbons (Fsp3) is 0.619. The van der Waals surface area contributed by atoms with E-state index in [1.54, 1.807) is 0 Å². The molecule has 1 aromatic carbocycles. The lowest BCUT2D eigenvalue weighted by molar-refractivity contribution is -0.141. The Balaban J connectivity index is 1.63. The minimum Gasteiger partial charge on any atom is -0.469 e. The minimum atomic E-state index is -0.240. The Morgan fingerprint density at radius 1 is 1.04 bits per heavy atom. The number of esters is 1. The lowest BCUT2D eigenvalue weighted by Gasteiger charge is -2.60. The van der Waals surface area contributed by atoms with Crippen molar-refractivity contribution in [2.75, 3.05) is 13.7 Å². The van der Waals surface area contributed by atoms with Crippen molar-refractivity contribution in [1.29, 1.82) is 0 Å². The van der Waals surface area contributed by atoms with Crippen LogP contribution in [-0.4, -0.2) is 36.0 Å². The number of amides is 1. The van der Waals surface area contributed by atoms with Crippen molar-refractivity contribution in [2.24, 2.45) is 17.8 Å². The minimum absolute atomic E-state index is 0.0459. The van der Waals surface area contributed by atoms with Gasteiger partial charge in [-0.3, -0.25) is 9.59 Å². The van der Waals surface area contributed by atoms with Crippen LogP contribution in [0.5, 0.6) is 0 Å². The zero-order valence-electron chi connectivity index (χ0n) is 14.9. The van der Waals surface area contributed by atoms with Gasteiger partial charge in [0, 0.05) is 17.6 Å². The molecular weight excluding hydrogens is 314 g/mol. The van der Waals surface area contributed by atoms with Gasteiger partial charge in [-0.05, 0) is 68.4 Å². The maximum atomic E-state index is 13.3. The number of nitrogens with zero attached hydrogens (tertiary/aromatic N) is 1. The zero-order valence-corrected chi connectivity index (χ0v) is 14.9. The normalized spacial score (nSPS) is 32.4. The number of methoxy groups -OCH3 is 1. The molecule has 1 aromatic rings. The molecule has 4 nitrogen and oxygen atoms in total. The molecule has 0 aliphatic heterocycles. The van der Waals surface area contributed by atoms with E-state index in [2.05, 4.69) is 0 Å². The van der Waals surface area contributed by atoms with Crippen LogP contribution >= 0.6 is 0 Å². The van der Waals surface area contributed by atoms with Gasteiger partial charge in [-0.25, -0.2) is 0 Å². The molecule has 0 radical (unpaired) electrons. The smallest absolute Gasteiger partial charge is 0.307 e. The first kappa shape index (κ1) is 16.6. The third-order valence-electron chi connectivity index (χ3n) is 6.61. The van der Waals surface area contributed by atoms with E-state index in [0.717, 1.165) is 42.6 Å². The molecule has 5 rings (SSSR count). The average Bonchev–Trinajstić information content (AvgIpc) is 2.61. The Morgan fingerprint density at radius 3 is 2.12 bits per heavy atom. The van der Waals surface area contributed by atoms with Gasteiger partial charge >= 0.3 is 5.97 Å². The Hall–Kier alpha value is -1.84. The van der Waals surface area contributed by atoms with E-state index in [1.165, 1.54) is 26.4 Å². The second kappa shape index (κ2) is 6.47. The Labute approximate surface area is 149 Å². The van der Waals surface area contributed by atoms with Crippen LogP contribution in [0.15, 0.2) is 30.3 Å². The lowest BCUT2D eigenvalue weighted by Crippen LogP contribution is -2.61. The van der Waals surface area contributed by atoms with Crippen LogP contribution in [0.1, 0.15) is 55.3 Å². The van der Waals surface area contributed by atoms with Crippen molar-refractivity contribution < 1.29 is 14.3 Å². The molecule has 4 aliphatic carbocycles. The number of hydrogen-bond acceptors (Lipinski definition) is 3. The van der Waals surface area contributed by atoms with Crippen molar-refractivity contribution in [1.82, 2.24) is 4.90 Å². The van der Waals surface area contributed by atoms with Gasteiger partial charge in [0.1, 0.15) is 0 Å². The van der Waals surface area contributed by atoms with E-state index in [1.807, 2.05) is 35.2 Å². The molecule has 4 heteroatoms. The summed E-state index contributed by atoms with van der Waals surface area (Å²) < 4.78 is 4.83. The highest BCUT2D eigenvalue weighted by Gasteiger charge is 2.54. The molecule has 0 saturated heterocycles. The Kier molecular flexibility index (Phi) is 4.30. The molecule has 0 N–H and O–H groups in total. The molecule has 4 bridgehead atoms. The monoisotopic (exact) mass is 341 g/mol. The van der Waals surface area contributed by atoms with Gasteiger partial charge in [-0.1, -0.05) is 18.2 Å². The number of hydrogen-bond donors (Lipinski definition) is 0. The van der Waals surface area contributed by atoms with E-state index in [4.69, 9.17) is 4.74 Å². The fourth-order valence-electron chi connectivity index (χ4n) is 5.99. The molecule has 0 unspecified atom stereocenters. The average molecular weight is 341 g/mol.